The number of carbonyl (C=O) groups is 3. The molecule has 0 radical (unpaired) electrons. The predicted molar refractivity (Wildman–Crippen MR) is 123 cm³/mol. The number of carboxylic acid groups (broad SMARTS) is 1. The largest absolute Gasteiger partial charge is 0.481 e. The highest BCUT2D eigenvalue weighted by Crippen LogP contribution is 2.21. The number of aliphatic carboxylic acids is 1. The summed E-state index contributed by atoms with van der Waals surface area (Å²) in [5.74, 6) is -1.39. The summed E-state index contributed by atoms with van der Waals surface area (Å²) >= 11 is 0. The van der Waals surface area contributed by atoms with E-state index >= 15 is 0 Å². The quantitative estimate of drug-likeness (QED) is 0.205. The van der Waals surface area contributed by atoms with Crippen LogP contribution >= 0.6 is 12.4 Å². The molecule has 11 nitrogen and oxygen atoms in total. The summed E-state index contributed by atoms with van der Waals surface area (Å²) < 4.78 is 0. The summed E-state index contributed by atoms with van der Waals surface area (Å²) in [5, 5.41) is 28.1. The van der Waals surface area contributed by atoms with E-state index in [2.05, 4.69) is 20.9 Å². The van der Waals surface area contributed by atoms with Crippen LogP contribution in [0, 0.1) is 17.0 Å². The number of nitro groups is 1. The second kappa shape index (κ2) is 13.6. The first kappa shape index (κ1) is 27.3. The van der Waals surface area contributed by atoms with Gasteiger partial charge in [-0.2, -0.15) is 0 Å². The molecule has 2 amide bonds. The molecule has 0 saturated carbocycles. The molecule has 1 aromatic carbocycles. The molecule has 2 aromatic rings. The third kappa shape index (κ3) is 9.95. The van der Waals surface area contributed by atoms with Crippen molar-refractivity contribution in [3.8, 4) is 0 Å². The van der Waals surface area contributed by atoms with Gasteiger partial charge in [0.15, 0.2) is 0 Å². The highest BCUT2D eigenvalue weighted by Gasteiger charge is 2.20. The molecule has 12 heteroatoms. The van der Waals surface area contributed by atoms with Crippen molar-refractivity contribution in [3.63, 3.8) is 0 Å². The van der Waals surface area contributed by atoms with Gasteiger partial charge >= 0.3 is 5.97 Å². The highest BCUT2D eigenvalue weighted by molar-refractivity contribution is 5.85. The fraction of sp³-hybridized carbons (Fsp3) is 0.333. The molecular weight excluding hydrogens is 454 g/mol. The molecule has 0 fully saturated rings. The molecule has 1 heterocycles. The third-order valence-corrected chi connectivity index (χ3v) is 4.45. The summed E-state index contributed by atoms with van der Waals surface area (Å²) in [4.78, 5) is 49.8. The van der Waals surface area contributed by atoms with Crippen LogP contribution < -0.4 is 16.0 Å². The Morgan fingerprint density at radius 1 is 1.18 bits per heavy atom. The van der Waals surface area contributed by atoms with Gasteiger partial charge in [-0.1, -0.05) is 12.1 Å². The van der Waals surface area contributed by atoms with Gasteiger partial charge in [0.25, 0.3) is 5.69 Å². The molecule has 0 saturated heterocycles. The second-order valence-electron chi connectivity index (χ2n) is 7.10. The minimum Gasteiger partial charge on any atom is -0.481 e. The van der Waals surface area contributed by atoms with E-state index in [-0.39, 0.29) is 42.5 Å². The van der Waals surface area contributed by atoms with Crippen LogP contribution in [-0.4, -0.2) is 45.9 Å². The van der Waals surface area contributed by atoms with Gasteiger partial charge in [-0.05, 0) is 36.6 Å². The molecule has 1 unspecified atom stereocenters. The first-order valence-corrected chi connectivity index (χ1v) is 9.93. The van der Waals surface area contributed by atoms with Crippen LogP contribution in [0.2, 0.25) is 0 Å². The van der Waals surface area contributed by atoms with Crippen molar-refractivity contribution < 1.29 is 24.4 Å². The van der Waals surface area contributed by atoms with Gasteiger partial charge in [-0.3, -0.25) is 24.5 Å². The zero-order valence-corrected chi connectivity index (χ0v) is 18.8. The molecule has 1 aromatic heterocycles. The van der Waals surface area contributed by atoms with Gasteiger partial charge in [0, 0.05) is 31.3 Å². The highest BCUT2D eigenvalue weighted by atomic mass is 35.5. The van der Waals surface area contributed by atoms with Crippen LogP contribution in [0.3, 0.4) is 0 Å². The minimum atomic E-state index is -1.18. The Hall–Kier alpha value is -3.73. The SMILES string of the molecule is Cc1ccnc(NCCCC(=O)NCC(=O)NC(CC(=O)O)c2cccc([N+](=O)[O-])c2)c1.Cl. The average molecular weight is 480 g/mol. The monoisotopic (exact) mass is 479 g/mol. The fourth-order valence-electron chi connectivity index (χ4n) is 2.89. The van der Waals surface area contributed by atoms with E-state index in [0.29, 0.717) is 13.0 Å². The van der Waals surface area contributed by atoms with Crippen LogP contribution in [0.15, 0.2) is 42.6 Å². The van der Waals surface area contributed by atoms with Crippen molar-refractivity contribution >= 4 is 41.7 Å². The molecule has 178 valence electrons. The Kier molecular flexibility index (Phi) is 11.3. The number of hydrogen-bond donors (Lipinski definition) is 4. The third-order valence-electron chi connectivity index (χ3n) is 4.45. The molecule has 0 aliphatic carbocycles. The predicted octanol–water partition coefficient (Wildman–Crippen LogP) is 2.36. The van der Waals surface area contributed by atoms with Gasteiger partial charge < -0.3 is 21.1 Å². The number of nitro benzene ring substituents is 1. The molecule has 0 aliphatic rings. The molecular formula is C21H26ClN5O6. The maximum absolute atomic E-state index is 12.2. The van der Waals surface area contributed by atoms with Gasteiger partial charge in [-0.25, -0.2) is 4.98 Å². The first-order chi connectivity index (χ1) is 15.2. The molecule has 1 atom stereocenters. The lowest BCUT2D eigenvalue weighted by molar-refractivity contribution is -0.384. The van der Waals surface area contributed by atoms with E-state index < -0.39 is 29.3 Å². The number of carbonyl (C=O) groups excluding carboxylic acids is 2. The zero-order chi connectivity index (χ0) is 23.5. The maximum atomic E-state index is 12.2. The number of benzene rings is 1. The lowest BCUT2D eigenvalue weighted by Gasteiger charge is -2.17. The van der Waals surface area contributed by atoms with Gasteiger partial charge in [-0.15, -0.1) is 12.4 Å². The van der Waals surface area contributed by atoms with Gasteiger partial charge in [0.05, 0.1) is 23.9 Å². The number of nitrogens with zero attached hydrogens (tertiary/aromatic N) is 2. The summed E-state index contributed by atoms with van der Waals surface area (Å²) in [6.45, 7) is 2.14. The van der Waals surface area contributed by atoms with Crippen molar-refractivity contribution in [3.05, 3.63) is 63.8 Å². The van der Waals surface area contributed by atoms with E-state index in [0.717, 1.165) is 11.4 Å². The van der Waals surface area contributed by atoms with Crippen LogP contribution in [0.4, 0.5) is 11.5 Å². The Morgan fingerprint density at radius 2 is 1.94 bits per heavy atom. The number of amides is 2. The average Bonchev–Trinajstić information content (AvgIpc) is 2.74. The Bertz CT molecular complexity index is 987. The summed E-state index contributed by atoms with van der Waals surface area (Å²) in [5.41, 5.74) is 1.14. The zero-order valence-electron chi connectivity index (χ0n) is 17.9. The minimum absolute atomic E-state index is 0. The van der Waals surface area contributed by atoms with E-state index in [1.165, 1.54) is 24.3 Å². The van der Waals surface area contributed by atoms with Crippen LogP contribution in [0.5, 0.6) is 0 Å². The molecule has 4 N–H and O–H groups in total. The number of nitrogens with one attached hydrogen (secondary N) is 3. The maximum Gasteiger partial charge on any atom is 0.305 e. The molecule has 33 heavy (non-hydrogen) atoms. The van der Waals surface area contributed by atoms with Crippen molar-refractivity contribution in [2.24, 2.45) is 0 Å². The normalized spacial score (nSPS) is 10.9. The standard InChI is InChI=1S/C21H25N5O6.ClH/c1-14-7-9-23-18(10-14)22-8-3-6-19(27)24-13-20(28)25-17(12-21(29)30)15-4-2-5-16(11-15)26(31)32;/h2,4-5,7,9-11,17H,3,6,8,12-13H2,1H3,(H,22,23)(H,24,27)(H,25,28)(H,29,30);1H. The molecule has 2 rings (SSSR count). The molecule has 0 bridgehead atoms. The van der Waals surface area contributed by atoms with E-state index in [1.807, 2.05) is 19.1 Å². The summed E-state index contributed by atoms with van der Waals surface area (Å²) in [6.07, 6.45) is 1.95. The number of aryl methyl sites for hydroxylation is 1. The lowest BCUT2D eigenvalue weighted by Crippen LogP contribution is -2.39. The number of anilines is 1. The Morgan fingerprint density at radius 3 is 2.61 bits per heavy atom. The lowest BCUT2D eigenvalue weighted by atomic mass is 10.0. The smallest absolute Gasteiger partial charge is 0.305 e. The number of hydrogen-bond acceptors (Lipinski definition) is 7. The van der Waals surface area contributed by atoms with Crippen molar-refractivity contribution in [2.45, 2.75) is 32.2 Å². The van der Waals surface area contributed by atoms with E-state index in [4.69, 9.17) is 5.11 Å². The van der Waals surface area contributed by atoms with Crippen LogP contribution in [0.1, 0.15) is 36.4 Å². The molecule has 0 spiro atoms. The van der Waals surface area contributed by atoms with E-state index in [9.17, 15) is 24.5 Å². The van der Waals surface area contributed by atoms with Crippen molar-refractivity contribution in [1.29, 1.82) is 0 Å². The number of carboxylic acids is 1. The van der Waals surface area contributed by atoms with Crippen molar-refractivity contribution in [1.82, 2.24) is 15.6 Å². The Balaban J connectivity index is 0.00000544. The van der Waals surface area contributed by atoms with Gasteiger partial charge in [0.2, 0.25) is 11.8 Å². The number of pyridine rings is 1. The topological polar surface area (TPSA) is 164 Å². The first-order valence-electron chi connectivity index (χ1n) is 9.93. The second-order valence-corrected chi connectivity index (χ2v) is 7.10. The summed E-state index contributed by atoms with van der Waals surface area (Å²) in [7, 11) is 0. The Labute approximate surface area is 196 Å². The number of aromatic nitrogens is 1. The number of rotatable bonds is 12. The fourth-order valence-corrected chi connectivity index (χ4v) is 2.89. The number of non-ortho nitro benzene ring substituents is 1. The van der Waals surface area contributed by atoms with Crippen LogP contribution in [0.25, 0.3) is 0 Å². The number of halogens is 1. The van der Waals surface area contributed by atoms with E-state index in [1.54, 1.807) is 6.20 Å². The summed E-state index contributed by atoms with van der Waals surface area (Å²) in [6, 6.07) is 8.19. The van der Waals surface area contributed by atoms with Crippen LogP contribution in [-0.2, 0) is 14.4 Å². The van der Waals surface area contributed by atoms with Gasteiger partial charge in [0.1, 0.15) is 5.82 Å². The molecule has 0 aliphatic heterocycles. The van der Waals surface area contributed by atoms with Crippen molar-refractivity contribution in [2.75, 3.05) is 18.4 Å².